The van der Waals surface area contributed by atoms with Crippen LogP contribution >= 0.6 is 11.6 Å². The van der Waals surface area contributed by atoms with Crippen LogP contribution in [-0.4, -0.2) is 15.6 Å². The molecule has 1 heterocycles. The number of hydrogen-bond acceptors (Lipinski definition) is 1. The van der Waals surface area contributed by atoms with E-state index in [2.05, 4.69) is 4.57 Å². The van der Waals surface area contributed by atoms with Crippen molar-refractivity contribution in [2.75, 3.05) is 0 Å². The number of para-hydroxylation sites is 1. The summed E-state index contributed by atoms with van der Waals surface area (Å²) < 4.78 is 2.11. The van der Waals surface area contributed by atoms with Gasteiger partial charge in [-0.1, -0.05) is 41.9 Å². The van der Waals surface area contributed by atoms with Gasteiger partial charge >= 0.3 is 5.97 Å². The molecule has 0 aliphatic carbocycles. The highest BCUT2D eigenvalue weighted by Crippen LogP contribution is 2.23. The van der Waals surface area contributed by atoms with Crippen LogP contribution in [0.15, 0.2) is 60.8 Å². The average molecular weight is 312 g/mol. The number of carbonyl (C=O) groups is 1. The summed E-state index contributed by atoms with van der Waals surface area (Å²) in [7, 11) is 0. The zero-order valence-corrected chi connectivity index (χ0v) is 12.5. The van der Waals surface area contributed by atoms with Crippen LogP contribution < -0.4 is 0 Å². The fraction of sp³-hybridized carbons (Fsp3) is 0.0556. The van der Waals surface area contributed by atoms with Crippen molar-refractivity contribution in [3.8, 4) is 0 Å². The Balaban J connectivity index is 2.02. The molecule has 4 heteroatoms. The highest BCUT2D eigenvalue weighted by molar-refractivity contribution is 6.30. The van der Waals surface area contributed by atoms with Gasteiger partial charge in [-0.25, -0.2) is 4.79 Å². The minimum absolute atomic E-state index is 0.707. The van der Waals surface area contributed by atoms with Gasteiger partial charge in [0.2, 0.25) is 0 Å². The first-order chi connectivity index (χ1) is 10.6. The number of carboxylic acid groups (broad SMARTS) is 1. The number of aliphatic carboxylic acids is 1. The van der Waals surface area contributed by atoms with Crippen LogP contribution in [0.3, 0.4) is 0 Å². The molecule has 0 atom stereocenters. The number of fused-ring (bicyclic) bond motifs is 1. The van der Waals surface area contributed by atoms with Crippen molar-refractivity contribution < 1.29 is 9.90 Å². The Hall–Kier alpha value is -2.52. The van der Waals surface area contributed by atoms with E-state index in [1.54, 1.807) is 6.08 Å². The van der Waals surface area contributed by atoms with Gasteiger partial charge in [0.25, 0.3) is 0 Å². The summed E-state index contributed by atoms with van der Waals surface area (Å²) in [6.07, 6.45) is 4.76. The molecule has 0 saturated heterocycles. The van der Waals surface area contributed by atoms with Gasteiger partial charge in [-0.3, -0.25) is 0 Å². The topological polar surface area (TPSA) is 42.2 Å². The minimum atomic E-state index is -0.950. The summed E-state index contributed by atoms with van der Waals surface area (Å²) in [6.45, 7) is 0.707. The first-order valence-electron chi connectivity index (χ1n) is 6.87. The van der Waals surface area contributed by atoms with E-state index in [9.17, 15) is 4.79 Å². The molecule has 0 saturated carbocycles. The third-order valence-electron chi connectivity index (χ3n) is 3.49. The van der Waals surface area contributed by atoms with Gasteiger partial charge in [0.05, 0.1) is 0 Å². The molecule has 22 heavy (non-hydrogen) atoms. The van der Waals surface area contributed by atoms with Gasteiger partial charge in [-0.2, -0.15) is 0 Å². The molecule has 0 unspecified atom stereocenters. The fourth-order valence-corrected chi connectivity index (χ4v) is 2.61. The van der Waals surface area contributed by atoms with Crippen molar-refractivity contribution in [2.24, 2.45) is 0 Å². The Labute approximate surface area is 133 Å². The molecular weight excluding hydrogens is 298 g/mol. The van der Waals surface area contributed by atoms with Crippen LogP contribution in [0.2, 0.25) is 5.02 Å². The first-order valence-corrected chi connectivity index (χ1v) is 7.24. The second kappa shape index (κ2) is 6.08. The van der Waals surface area contributed by atoms with Crippen molar-refractivity contribution in [3.05, 3.63) is 77.0 Å². The third-order valence-corrected chi connectivity index (χ3v) is 3.74. The lowest BCUT2D eigenvalue weighted by Crippen LogP contribution is -1.97. The third kappa shape index (κ3) is 3.05. The molecule has 0 aliphatic rings. The predicted molar refractivity (Wildman–Crippen MR) is 89.2 cm³/mol. The molecule has 2 aromatic carbocycles. The summed E-state index contributed by atoms with van der Waals surface area (Å²) in [4.78, 5) is 10.7. The first kappa shape index (κ1) is 14.4. The van der Waals surface area contributed by atoms with Crippen LogP contribution in [0.25, 0.3) is 17.0 Å². The normalized spacial score (nSPS) is 11.3. The van der Waals surface area contributed by atoms with E-state index >= 15 is 0 Å². The summed E-state index contributed by atoms with van der Waals surface area (Å²) in [5.41, 5.74) is 3.10. The molecular formula is C18H14ClNO2. The zero-order valence-electron chi connectivity index (χ0n) is 11.7. The number of rotatable bonds is 4. The quantitative estimate of drug-likeness (QED) is 0.724. The second-order valence-electron chi connectivity index (χ2n) is 5.03. The van der Waals surface area contributed by atoms with Gasteiger partial charge in [-0.05, 0) is 29.8 Å². The lowest BCUT2D eigenvalue weighted by Gasteiger charge is -2.05. The molecule has 0 fully saturated rings. The fourth-order valence-electron chi connectivity index (χ4n) is 2.49. The number of aromatic nitrogens is 1. The van der Waals surface area contributed by atoms with E-state index in [-0.39, 0.29) is 0 Å². The van der Waals surface area contributed by atoms with Crippen LogP contribution in [0.5, 0.6) is 0 Å². The van der Waals surface area contributed by atoms with Crippen molar-refractivity contribution in [1.82, 2.24) is 4.57 Å². The summed E-state index contributed by atoms with van der Waals surface area (Å²) in [6, 6.07) is 15.7. The molecule has 1 aromatic heterocycles. The Bertz CT molecular complexity index is 847. The molecule has 0 spiro atoms. The molecule has 0 amide bonds. The van der Waals surface area contributed by atoms with Crippen LogP contribution in [0.4, 0.5) is 0 Å². The Kier molecular flexibility index (Phi) is 3.98. The Morgan fingerprint density at radius 2 is 1.86 bits per heavy atom. The highest BCUT2D eigenvalue weighted by atomic mass is 35.5. The Morgan fingerprint density at radius 1 is 1.14 bits per heavy atom. The van der Waals surface area contributed by atoms with Gasteiger partial charge in [0.15, 0.2) is 0 Å². The standard InChI is InChI=1S/C18H14ClNO2/c19-15-8-5-13(6-9-15)11-20-12-14(7-10-18(21)22)16-3-1-2-4-17(16)20/h1-10,12H,11H2,(H,21,22)/b10-7+. The maximum atomic E-state index is 10.7. The SMILES string of the molecule is O=C(O)/C=C/c1cn(Cc2ccc(Cl)cc2)c2ccccc12. The van der Waals surface area contributed by atoms with E-state index in [0.717, 1.165) is 28.1 Å². The van der Waals surface area contributed by atoms with Gasteiger partial charge in [0.1, 0.15) is 0 Å². The van der Waals surface area contributed by atoms with Gasteiger partial charge in [0, 0.05) is 40.3 Å². The van der Waals surface area contributed by atoms with Crippen molar-refractivity contribution >= 4 is 34.5 Å². The molecule has 0 aliphatic heterocycles. The largest absolute Gasteiger partial charge is 0.478 e. The summed E-state index contributed by atoms with van der Waals surface area (Å²) in [5, 5.41) is 10.6. The number of benzene rings is 2. The number of nitrogens with zero attached hydrogens (tertiary/aromatic N) is 1. The summed E-state index contributed by atoms with van der Waals surface area (Å²) in [5.74, 6) is -0.950. The predicted octanol–water partition coefficient (Wildman–Crippen LogP) is 4.44. The van der Waals surface area contributed by atoms with E-state index in [0.29, 0.717) is 11.6 Å². The lowest BCUT2D eigenvalue weighted by atomic mass is 10.1. The zero-order chi connectivity index (χ0) is 15.5. The Morgan fingerprint density at radius 3 is 2.59 bits per heavy atom. The number of halogens is 1. The van der Waals surface area contributed by atoms with E-state index in [4.69, 9.17) is 16.7 Å². The van der Waals surface area contributed by atoms with Crippen LogP contribution in [-0.2, 0) is 11.3 Å². The minimum Gasteiger partial charge on any atom is -0.478 e. The maximum Gasteiger partial charge on any atom is 0.328 e. The molecule has 110 valence electrons. The van der Waals surface area contributed by atoms with Crippen molar-refractivity contribution in [2.45, 2.75) is 6.54 Å². The molecule has 3 aromatic rings. The van der Waals surface area contributed by atoms with Crippen LogP contribution in [0.1, 0.15) is 11.1 Å². The van der Waals surface area contributed by atoms with E-state index in [1.165, 1.54) is 0 Å². The molecule has 3 rings (SSSR count). The van der Waals surface area contributed by atoms with E-state index in [1.807, 2.05) is 54.7 Å². The van der Waals surface area contributed by atoms with Crippen LogP contribution in [0, 0.1) is 0 Å². The average Bonchev–Trinajstić information content (AvgIpc) is 2.86. The molecule has 0 bridgehead atoms. The lowest BCUT2D eigenvalue weighted by molar-refractivity contribution is -0.131. The summed E-state index contributed by atoms with van der Waals surface area (Å²) >= 11 is 5.91. The van der Waals surface area contributed by atoms with Crippen molar-refractivity contribution in [3.63, 3.8) is 0 Å². The van der Waals surface area contributed by atoms with Crippen molar-refractivity contribution in [1.29, 1.82) is 0 Å². The van der Waals surface area contributed by atoms with E-state index < -0.39 is 5.97 Å². The molecule has 1 N–H and O–H groups in total. The van der Waals surface area contributed by atoms with Gasteiger partial charge < -0.3 is 9.67 Å². The molecule has 0 radical (unpaired) electrons. The second-order valence-corrected chi connectivity index (χ2v) is 5.46. The monoisotopic (exact) mass is 311 g/mol. The smallest absolute Gasteiger partial charge is 0.328 e. The highest BCUT2D eigenvalue weighted by Gasteiger charge is 2.07. The number of carboxylic acids is 1. The van der Waals surface area contributed by atoms with Gasteiger partial charge in [-0.15, -0.1) is 0 Å². The number of hydrogen-bond donors (Lipinski definition) is 1. The maximum absolute atomic E-state index is 10.7. The molecule has 3 nitrogen and oxygen atoms in total.